The first-order chi connectivity index (χ1) is 5.72. The summed E-state index contributed by atoms with van der Waals surface area (Å²) in [6.07, 6.45) is 2.94. The zero-order valence-electron chi connectivity index (χ0n) is 6.69. The minimum absolute atomic E-state index is 0.00347. The van der Waals surface area contributed by atoms with Gasteiger partial charge in [-0.05, 0) is 19.3 Å². The maximum absolute atomic E-state index is 11.2. The van der Waals surface area contributed by atoms with E-state index in [2.05, 4.69) is 0 Å². The highest BCUT2D eigenvalue weighted by Gasteiger charge is 2.51. The van der Waals surface area contributed by atoms with E-state index in [1.165, 1.54) is 0 Å². The van der Waals surface area contributed by atoms with Crippen molar-refractivity contribution in [2.45, 2.75) is 25.3 Å². The number of hydrogen-bond acceptors (Lipinski definition) is 2. The lowest BCUT2D eigenvalue weighted by atomic mass is 9.81. The van der Waals surface area contributed by atoms with Gasteiger partial charge in [-0.2, -0.15) is 0 Å². The number of fused-ring (bicyclic) bond motifs is 1. The van der Waals surface area contributed by atoms with Crippen LogP contribution in [0.4, 0.5) is 0 Å². The fraction of sp³-hybridized carbons (Fsp3) is 0.750. The van der Waals surface area contributed by atoms with Crippen LogP contribution in [-0.2, 0) is 9.59 Å². The predicted octanol–water partition coefficient (Wildman–Crippen LogP) is 0.0819. The summed E-state index contributed by atoms with van der Waals surface area (Å²) in [4.78, 5) is 23.5. The third-order valence-corrected chi connectivity index (χ3v) is 2.75. The van der Waals surface area contributed by atoms with Crippen molar-refractivity contribution < 1.29 is 14.7 Å². The summed E-state index contributed by atoms with van der Waals surface area (Å²) >= 11 is 0. The van der Waals surface area contributed by atoms with E-state index in [4.69, 9.17) is 5.11 Å². The Morgan fingerprint density at radius 1 is 1.50 bits per heavy atom. The molecule has 2 saturated heterocycles. The van der Waals surface area contributed by atoms with Crippen molar-refractivity contribution in [2.24, 2.45) is 5.92 Å². The Hall–Kier alpha value is -1.06. The summed E-state index contributed by atoms with van der Waals surface area (Å²) in [5, 5.41) is 8.70. The molecule has 0 aromatic rings. The van der Waals surface area contributed by atoms with Gasteiger partial charge in [0, 0.05) is 6.54 Å². The Labute approximate surface area is 70.2 Å². The minimum Gasteiger partial charge on any atom is -0.481 e. The molecule has 0 aromatic heterocycles. The zero-order chi connectivity index (χ0) is 8.72. The maximum atomic E-state index is 11.2. The van der Waals surface area contributed by atoms with Gasteiger partial charge in [0.1, 0.15) is 0 Å². The molecule has 0 aromatic carbocycles. The molecule has 2 aliphatic heterocycles. The fourth-order valence-corrected chi connectivity index (χ4v) is 2.11. The molecule has 2 aliphatic rings. The topological polar surface area (TPSA) is 57.6 Å². The van der Waals surface area contributed by atoms with Gasteiger partial charge in [-0.15, -0.1) is 0 Å². The molecule has 2 atom stereocenters. The minimum atomic E-state index is -0.955. The molecular weight excluding hydrogens is 158 g/mol. The normalized spacial score (nSPS) is 34.0. The van der Waals surface area contributed by atoms with Crippen molar-refractivity contribution in [3.8, 4) is 0 Å². The molecule has 4 nitrogen and oxygen atoms in total. The molecule has 2 unspecified atom stereocenters. The molecule has 12 heavy (non-hydrogen) atoms. The first-order valence-electron chi connectivity index (χ1n) is 4.25. The second-order valence-electron chi connectivity index (χ2n) is 3.41. The molecule has 0 saturated carbocycles. The fourth-order valence-electron chi connectivity index (χ4n) is 2.11. The second-order valence-corrected chi connectivity index (χ2v) is 3.41. The Kier molecular flexibility index (Phi) is 1.56. The van der Waals surface area contributed by atoms with Gasteiger partial charge in [0.15, 0.2) is 5.92 Å². The number of hydrogen-bond donors (Lipinski definition) is 1. The summed E-state index contributed by atoms with van der Waals surface area (Å²) < 4.78 is 0. The zero-order valence-corrected chi connectivity index (χ0v) is 6.69. The van der Waals surface area contributed by atoms with Gasteiger partial charge in [0.05, 0.1) is 6.04 Å². The number of carbonyl (C=O) groups is 2. The molecule has 2 rings (SSSR count). The van der Waals surface area contributed by atoms with Crippen LogP contribution in [0.15, 0.2) is 0 Å². The van der Waals surface area contributed by atoms with E-state index >= 15 is 0 Å². The first kappa shape index (κ1) is 7.58. The Balaban J connectivity index is 2.10. The Morgan fingerprint density at radius 3 is 2.92 bits per heavy atom. The van der Waals surface area contributed by atoms with Crippen LogP contribution in [0.2, 0.25) is 0 Å². The van der Waals surface area contributed by atoms with E-state index in [-0.39, 0.29) is 11.9 Å². The van der Waals surface area contributed by atoms with Gasteiger partial charge < -0.3 is 10.0 Å². The summed E-state index contributed by atoms with van der Waals surface area (Å²) in [7, 11) is 0. The van der Waals surface area contributed by atoms with Gasteiger partial charge >= 0.3 is 5.97 Å². The van der Waals surface area contributed by atoms with Gasteiger partial charge in [-0.25, -0.2) is 0 Å². The van der Waals surface area contributed by atoms with Crippen molar-refractivity contribution in [2.75, 3.05) is 6.54 Å². The number of β-lactam (4-membered cyclic amide) rings is 1. The number of nitrogens with zero attached hydrogens (tertiary/aromatic N) is 1. The summed E-state index contributed by atoms with van der Waals surface area (Å²) in [5.74, 6) is -1.87. The average Bonchev–Trinajstić information content (AvgIpc) is 2.03. The maximum Gasteiger partial charge on any atom is 0.318 e. The van der Waals surface area contributed by atoms with Gasteiger partial charge in [0.2, 0.25) is 5.91 Å². The number of aliphatic carboxylic acids is 1. The van der Waals surface area contributed by atoms with Crippen LogP contribution in [0.1, 0.15) is 19.3 Å². The van der Waals surface area contributed by atoms with Crippen LogP contribution in [0.25, 0.3) is 0 Å². The molecule has 1 N–H and O–H groups in total. The third-order valence-electron chi connectivity index (χ3n) is 2.75. The lowest BCUT2D eigenvalue weighted by Gasteiger charge is -2.48. The van der Waals surface area contributed by atoms with Gasteiger partial charge in [-0.3, -0.25) is 9.59 Å². The van der Waals surface area contributed by atoms with E-state index in [1.807, 2.05) is 0 Å². The van der Waals surface area contributed by atoms with E-state index < -0.39 is 11.9 Å². The van der Waals surface area contributed by atoms with Crippen LogP contribution < -0.4 is 0 Å². The van der Waals surface area contributed by atoms with Crippen LogP contribution in [0, 0.1) is 5.92 Å². The van der Waals surface area contributed by atoms with Crippen molar-refractivity contribution in [1.29, 1.82) is 0 Å². The number of amides is 1. The molecular formula is C8H11NO3. The van der Waals surface area contributed by atoms with Crippen LogP contribution in [0.3, 0.4) is 0 Å². The van der Waals surface area contributed by atoms with E-state index in [0.29, 0.717) is 0 Å². The van der Waals surface area contributed by atoms with Crippen molar-refractivity contribution >= 4 is 11.9 Å². The first-order valence-corrected chi connectivity index (χ1v) is 4.25. The number of carboxylic acids is 1. The average molecular weight is 169 g/mol. The summed E-state index contributed by atoms with van der Waals surface area (Å²) in [6.45, 7) is 0.757. The van der Waals surface area contributed by atoms with Crippen molar-refractivity contribution in [1.82, 2.24) is 4.90 Å². The molecule has 66 valence electrons. The monoisotopic (exact) mass is 169 g/mol. The lowest BCUT2D eigenvalue weighted by molar-refractivity contribution is -0.172. The molecule has 2 fully saturated rings. The Morgan fingerprint density at radius 2 is 2.25 bits per heavy atom. The molecule has 0 radical (unpaired) electrons. The van der Waals surface area contributed by atoms with Crippen LogP contribution >= 0.6 is 0 Å². The molecule has 2 heterocycles. The SMILES string of the molecule is O=C(O)C1C(=O)N2CCCCC12. The van der Waals surface area contributed by atoms with E-state index in [1.54, 1.807) is 4.90 Å². The summed E-state index contributed by atoms with van der Waals surface area (Å²) in [6, 6.07) is 0.00347. The highest BCUT2D eigenvalue weighted by atomic mass is 16.4. The molecule has 0 bridgehead atoms. The van der Waals surface area contributed by atoms with E-state index in [0.717, 1.165) is 25.8 Å². The van der Waals surface area contributed by atoms with E-state index in [9.17, 15) is 9.59 Å². The lowest BCUT2D eigenvalue weighted by Crippen LogP contribution is -2.64. The highest BCUT2D eigenvalue weighted by Crippen LogP contribution is 2.34. The number of carboxylic acid groups (broad SMARTS) is 1. The number of carbonyl (C=O) groups excluding carboxylic acids is 1. The second kappa shape index (κ2) is 2.47. The van der Waals surface area contributed by atoms with Gasteiger partial charge in [0.25, 0.3) is 0 Å². The third kappa shape index (κ3) is 0.838. The predicted molar refractivity (Wildman–Crippen MR) is 40.5 cm³/mol. The van der Waals surface area contributed by atoms with Crippen LogP contribution in [0.5, 0.6) is 0 Å². The standard InChI is InChI=1S/C8H11NO3/c10-7-6(8(11)12)5-3-1-2-4-9(5)7/h5-6H,1-4H2,(H,11,12). The van der Waals surface area contributed by atoms with Crippen molar-refractivity contribution in [3.63, 3.8) is 0 Å². The summed E-state index contributed by atoms with van der Waals surface area (Å²) in [5.41, 5.74) is 0. The molecule has 0 aliphatic carbocycles. The van der Waals surface area contributed by atoms with Crippen LogP contribution in [-0.4, -0.2) is 34.5 Å². The quantitative estimate of drug-likeness (QED) is 0.447. The molecule has 0 spiro atoms. The number of piperidine rings is 1. The largest absolute Gasteiger partial charge is 0.481 e. The highest BCUT2D eigenvalue weighted by molar-refractivity contribution is 6.02. The molecule has 1 amide bonds. The Bertz CT molecular complexity index is 238. The van der Waals surface area contributed by atoms with Crippen molar-refractivity contribution in [3.05, 3.63) is 0 Å². The van der Waals surface area contributed by atoms with Gasteiger partial charge in [-0.1, -0.05) is 0 Å². The molecule has 4 heteroatoms. The number of rotatable bonds is 1. The smallest absolute Gasteiger partial charge is 0.318 e.